The van der Waals surface area contributed by atoms with Crippen LogP contribution in [0.4, 0.5) is 0 Å². The number of aromatic nitrogens is 1. The van der Waals surface area contributed by atoms with Gasteiger partial charge >= 0.3 is 0 Å². The Morgan fingerprint density at radius 3 is 3.18 bits per heavy atom. The van der Waals surface area contributed by atoms with Crippen LogP contribution in [0.2, 0.25) is 0 Å². The molecule has 17 heavy (non-hydrogen) atoms. The second kappa shape index (κ2) is 6.07. The number of thioether (sulfide) groups is 1. The molecule has 0 radical (unpaired) electrons. The maximum atomic E-state index is 12.1. The Bertz CT molecular complexity index is 397. The van der Waals surface area contributed by atoms with Gasteiger partial charge in [0.05, 0.1) is 18.0 Å². The average molecular weight is 291 g/mol. The Morgan fingerprint density at radius 2 is 2.53 bits per heavy atom. The third kappa shape index (κ3) is 3.60. The van der Waals surface area contributed by atoms with Gasteiger partial charge in [-0.1, -0.05) is 6.92 Å². The molecule has 1 atom stereocenters. The molecule has 1 unspecified atom stereocenters. The second-order valence-electron chi connectivity index (χ2n) is 4.06. The molecule has 1 fully saturated rings. The van der Waals surface area contributed by atoms with Crippen molar-refractivity contribution >= 4 is 40.6 Å². The largest absolute Gasteiger partial charge is 0.340 e. The summed E-state index contributed by atoms with van der Waals surface area (Å²) in [5.41, 5.74) is 0.863. The molecule has 0 aliphatic carbocycles. The molecule has 1 aliphatic rings. The van der Waals surface area contributed by atoms with Crippen molar-refractivity contribution in [2.45, 2.75) is 24.5 Å². The summed E-state index contributed by atoms with van der Waals surface area (Å²) in [5, 5.41) is 3.34. The number of rotatable bonds is 3. The van der Waals surface area contributed by atoms with Gasteiger partial charge in [-0.3, -0.25) is 4.79 Å². The molecule has 1 amide bonds. The summed E-state index contributed by atoms with van der Waals surface area (Å²) in [7, 11) is 0. The predicted octanol–water partition coefficient (Wildman–Crippen LogP) is 2.39. The minimum Gasteiger partial charge on any atom is -0.340 e. The zero-order valence-electron chi connectivity index (χ0n) is 9.69. The Morgan fingerprint density at radius 1 is 1.71 bits per heavy atom. The van der Waals surface area contributed by atoms with Crippen LogP contribution in [0.1, 0.15) is 17.6 Å². The molecule has 2 heterocycles. The highest BCUT2D eigenvalue weighted by atomic mass is 35.5. The molecule has 6 heteroatoms. The summed E-state index contributed by atoms with van der Waals surface area (Å²) in [6, 6.07) is 0. The molecule has 0 spiro atoms. The zero-order valence-corrected chi connectivity index (χ0v) is 12.1. The van der Waals surface area contributed by atoms with E-state index in [-0.39, 0.29) is 5.91 Å². The third-order valence-electron chi connectivity index (χ3n) is 2.63. The van der Waals surface area contributed by atoms with Gasteiger partial charge in [0, 0.05) is 29.5 Å². The fraction of sp³-hybridized carbons (Fsp3) is 0.636. The van der Waals surface area contributed by atoms with Crippen LogP contribution in [0.15, 0.2) is 5.38 Å². The highest BCUT2D eigenvalue weighted by Crippen LogP contribution is 2.19. The zero-order chi connectivity index (χ0) is 12.3. The molecule has 3 nitrogen and oxygen atoms in total. The number of carbonyl (C=O) groups is 1. The Balaban J connectivity index is 1.91. The lowest BCUT2D eigenvalue weighted by Crippen LogP contribution is -2.41. The Kier molecular flexibility index (Phi) is 4.70. The molecule has 2 rings (SSSR count). The lowest BCUT2D eigenvalue weighted by atomic mass is 10.3. The van der Waals surface area contributed by atoms with Gasteiger partial charge in [0.25, 0.3) is 0 Å². The fourth-order valence-corrected chi connectivity index (χ4v) is 3.80. The molecular weight excluding hydrogens is 276 g/mol. The summed E-state index contributed by atoms with van der Waals surface area (Å²) in [6.45, 7) is 3.89. The van der Waals surface area contributed by atoms with Crippen LogP contribution in [-0.4, -0.2) is 39.9 Å². The number of carbonyl (C=O) groups excluding carboxylic acids is 1. The molecule has 0 saturated carbocycles. The van der Waals surface area contributed by atoms with Crippen LogP contribution >= 0.6 is 34.7 Å². The van der Waals surface area contributed by atoms with Crippen LogP contribution in [0.3, 0.4) is 0 Å². The minimum atomic E-state index is 0.188. The van der Waals surface area contributed by atoms with Crippen molar-refractivity contribution in [3.8, 4) is 0 Å². The number of hydrogen-bond donors (Lipinski definition) is 0. The van der Waals surface area contributed by atoms with Crippen LogP contribution in [0.5, 0.6) is 0 Å². The van der Waals surface area contributed by atoms with E-state index in [4.69, 9.17) is 11.6 Å². The SMILES string of the molecule is CC1CN(C(=O)Cc2nc(CCl)cs2)CCS1. The van der Waals surface area contributed by atoms with E-state index in [0.717, 1.165) is 29.5 Å². The van der Waals surface area contributed by atoms with Gasteiger partial charge in [-0.05, 0) is 0 Å². The minimum absolute atomic E-state index is 0.188. The second-order valence-corrected chi connectivity index (χ2v) is 6.82. The average Bonchev–Trinajstić information content (AvgIpc) is 2.77. The molecule has 1 aromatic heterocycles. The predicted molar refractivity (Wildman–Crippen MR) is 73.9 cm³/mol. The van der Waals surface area contributed by atoms with E-state index in [0.29, 0.717) is 17.6 Å². The van der Waals surface area contributed by atoms with Crippen LogP contribution in [0.25, 0.3) is 0 Å². The normalized spacial score (nSPS) is 20.6. The molecule has 0 N–H and O–H groups in total. The Hall–Kier alpha value is -0.260. The summed E-state index contributed by atoms with van der Waals surface area (Å²) >= 11 is 9.14. The first kappa shape index (κ1) is 13.2. The number of alkyl halides is 1. The maximum Gasteiger partial charge on any atom is 0.229 e. The summed E-state index contributed by atoms with van der Waals surface area (Å²) in [5.74, 6) is 1.65. The number of hydrogen-bond acceptors (Lipinski definition) is 4. The van der Waals surface area contributed by atoms with Gasteiger partial charge in [-0.2, -0.15) is 11.8 Å². The van der Waals surface area contributed by atoms with E-state index in [1.54, 1.807) is 0 Å². The highest BCUT2D eigenvalue weighted by Gasteiger charge is 2.22. The van der Waals surface area contributed by atoms with Crippen LogP contribution in [0, 0.1) is 0 Å². The van der Waals surface area contributed by atoms with E-state index in [1.807, 2.05) is 22.0 Å². The van der Waals surface area contributed by atoms with Crippen molar-refractivity contribution < 1.29 is 4.79 Å². The Labute approximate surface area is 115 Å². The van der Waals surface area contributed by atoms with Crippen LogP contribution in [-0.2, 0) is 17.1 Å². The first-order valence-electron chi connectivity index (χ1n) is 5.57. The molecule has 0 bridgehead atoms. The number of nitrogens with zero attached hydrogens (tertiary/aromatic N) is 2. The third-order valence-corrected chi connectivity index (χ3v) is 4.94. The van der Waals surface area contributed by atoms with Crippen molar-refractivity contribution in [2.75, 3.05) is 18.8 Å². The van der Waals surface area contributed by atoms with Gasteiger partial charge in [0.1, 0.15) is 5.01 Å². The molecule has 0 aromatic carbocycles. The van der Waals surface area contributed by atoms with E-state index in [2.05, 4.69) is 11.9 Å². The summed E-state index contributed by atoms with van der Waals surface area (Å²) in [4.78, 5) is 18.3. The van der Waals surface area contributed by atoms with Gasteiger partial charge in [-0.15, -0.1) is 22.9 Å². The van der Waals surface area contributed by atoms with E-state index >= 15 is 0 Å². The van der Waals surface area contributed by atoms with E-state index < -0.39 is 0 Å². The topological polar surface area (TPSA) is 33.2 Å². The molecule has 1 aliphatic heterocycles. The number of halogens is 1. The molecule has 1 saturated heterocycles. The molecule has 1 aromatic rings. The smallest absolute Gasteiger partial charge is 0.229 e. The van der Waals surface area contributed by atoms with Gasteiger partial charge < -0.3 is 4.90 Å². The first-order valence-corrected chi connectivity index (χ1v) is 8.04. The summed E-state index contributed by atoms with van der Waals surface area (Å²) in [6.07, 6.45) is 0.416. The van der Waals surface area contributed by atoms with Crippen molar-refractivity contribution in [1.82, 2.24) is 9.88 Å². The van der Waals surface area contributed by atoms with E-state index in [9.17, 15) is 4.79 Å². The van der Waals surface area contributed by atoms with Crippen molar-refractivity contribution in [1.29, 1.82) is 0 Å². The molecular formula is C11H15ClN2OS2. The van der Waals surface area contributed by atoms with Crippen LogP contribution < -0.4 is 0 Å². The highest BCUT2D eigenvalue weighted by molar-refractivity contribution is 7.99. The maximum absolute atomic E-state index is 12.1. The van der Waals surface area contributed by atoms with Gasteiger partial charge in [0.15, 0.2) is 0 Å². The standard InChI is InChI=1S/C11H15ClN2OS2/c1-8-6-14(2-3-16-8)11(15)4-10-13-9(5-12)7-17-10/h7-8H,2-6H2,1H3. The summed E-state index contributed by atoms with van der Waals surface area (Å²) < 4.78 is 0. The number of amides is 1. The van der Waals surface area contributed by atoms with E-state index in [1.165, 1.54) is 11.3 Å². The lowest BCUT2D eigenvalue weighted by molar-refractivity contribution is -0.130. The molecule has 94 valence electrons. The van der Waals surface area contributed by atoms with Crippen molar-refractivity contribution in [3.63, 3.8) is 0 Å². The van der Waals surface area contributed by atoms with Crippen molar-refractivity contribution in [3.05, 3.63) is 16.1 Å². The number of thiazole rings is 1. The van der Waals surface area contributed by atoms with Gasteiger partial charge in [-0.25, -0.2) is 4.98 Å². The first-order chi connectivity index (χ1) is 8.19. The monoisotopic (exact) mass is 290 g/mol. The quantitative estimate of drug-likeness (QED) is 0.802. The van der Waals surface area contributed by atoms with Crippen molar-refractivity contribution in [2.24, 2.45) is 0 Å². The fourth-order valence-electron chi connectivity index (χ4n) is 1.78. The van der Waals surface area contributed by atoms with Gasteiger partial charge in [0.2, 0.25) is 5.91 Å². The lowest BCUT2D eigenvalue weighted by Gasteiger charge is -2.30.